The highest BCUT2D eigenvalue weighted by atomic mass is 32.2. The van der Waals surface area contributed by atoms with Crippen molar-refractivity contribution in [3.63, 3.8) is 0 Å². The summed E-state index contributed by atoms with van der Waals surface area (Å²) < 4.78 is 31.7. The first-order valence-electron chi connectivity index (χ1n) is 6.03. The smallest absolute Gasteiger partial charge is 0.240 e. The zero-order valence-corrected chi connectivity index (χ0v) is 11.5. The van der Waals surface area contributed by atoms with Crippen LogP contribution in [0.4, 0.5) is 5.69 Å². The second-order valence-electron chi connectivity index (χ2n) is 4.75. The number of sulfonamides is 1. The zero-order chi connectivity index (χ0) is 14.0. The fourth-order valence-electron chi connectivity index (χ4n) is 2.04. The molecule has 0 radical (unpaired) electrons. The normalized spacial score (nSPS) is 22.8. The van der Waals surface area contributed by atoms with Crippen molar-refractivity contribution in [2.45, 2.75) is 23.8 Å². The van der Waals surface area contributed by atoms with Crippen molar-refractivity contribution in [2.24, 2.45) is 5.92 Å². The second kappa shape index (κ2) is 5.36. The number of hydrogen-bond acceptors (Lipinski definition) is 5. The van der Waals surface area contributed by atoms with Crippen LogP contribution in [0.5, 0.6) is 5.75 Å². The Labute approximate surface area is 112 Å². The molecule has 106 valence electrons. The van der Waals surface area contributed by atoms with Crippen molar-refractivity contribution in [1.29, 1.82) is 0 Å². The third kappa shape index (κ3) is 3.17. The van der Waals surface area contributed by atoms with Crippen molar-refractivity contribution in [3.8, 4) is 5.75 Å². The first kappa shape index (κ1) is 14.1. The zero-order valence-electron chi connectivity index (χ0n) is 10.7. The topological polar surface area (TPSA) is 102 Å². The summed E-state index contributed by atoms with van der Waals surface area (Å²) in [5.41, 5.74) is 6.04. The monoisotopic (exact) mass is 286 g/mol. The van der Waals surface area contributed by atoms with E-state index >= 15 is 0 Å². The molecule has 0 aliphatic heterocycles. The van der Waals surface area contributed by atoms with Crippen molar-refractivity contribution >= 4 is 15.7 Å². The van der Waals surface area contributed by atoms with E-state index in [1.54, 1.807) is 0 Å². The van der Waals surface area contributed by atoms with Gasteiger partial charge >= 0.3 is 0 Å². The molecule has 1 aliphatic rings. The van der Waals surface area contributed by atoms with Gasteiger partial charge in [-0.25, -0.2) is 13.1 Å². The van der Waals surface area contributed by atoms with Crippen LogP contribution in [0.1, 0.15) is 12.8 Å². The van der Waals surface area contributed by atoms with Gasteiger partial charge in [0.2, 0.25) is 10.0 Å². The summed E-state index contributed by atoms with van der Waals surface area (Å²) in [6.07, 6.45) is 1.01. The molecule has 0 aromatic heterocycles. The van der Waals surface area contributed by atoms with Gasteiger partial charge in [0.25, 0.3) is 0 Å². The molecule has 0 saturated heterocycles. The fourth-order valence-corrected chi connectivity index (χ4v) is 3.17. The number of ether oxygens (including phenoxy) is 1. The predicted molar refractivity (Wildman–Crippen MR) is 71.3 cm³/mol. The van der Waals surface area contributed by atoms with Gasteiger partial charge in [-0.1, -0.05) is 0 Å². The van der Waals surface area contributed by atoms with E-state index in [2.05, 4.69) is 4.72 Å². The number of benzene rings is 1. The maximum Gasteiger partial charge on any atom is 0.240 e. The number of rotatable bonds is 5. The number of nitrogens with one attached hydrogen (secondary N) is 1. The highest BCUT2D eigenvalue weighted by Crippen LogP contribution is 2.28. The second-order valence-corrected chi connectivity index (χ2v) is 6.51. The number of methoxy groups -OCH3 is 1. The lowest BCUT2D eigenvalue weighted by atomic mass is 9.83. The number of nitrogen functional groups attached to an aromatic ring is 1. The Morgan fingerprint density at radius 2 is 2.16 bits per heavy atom. The maximum absolute atomic E-state index is 12.1. The van der Waals surface area contributed by atoms with E-state index in [0.29, 0.717) is 30.8 Å². The molecular formula is C12H18N2O4S. The first-order chi connectivity index (χ1) is 8.92. The lowest BCUT2D eigenvalue weighted by Gasteiger charge is -2.31. The Kier molecular flexibility index (Phi) is 3.98. The SMILES string of the molecule is COc1cc(S(=O)(=O)NCC2CC(O)C2)ccc1N. The molecule has 1 aliphatic carbocycles. The summed E-state index contributed by atoms with van der Waals surface area (Å²) in [5.74, 6) is 0.544. The molecule has 1 fully saturated rings. The maximum atomic E-state index is 12.1. The van der Waals surface area contributed by atoms with Crippen molar-refractivity contribution < 1.29 is 18.3 Å². The summed E-state index contributed by atoms with van der Waals surface area (Å²) in [4.78, 5) is 0.124. The van der Waals surface area contributed by atoms with Gasteiger partial charge in [0.15, 0.2) is 0 Å². The largest absolute Gasteiger partial charge is 0.495 e. The molecule has 0 unspecified atom stereocenters. The Morgan fingerprint density at radius 1 is 1.47 bits per heavy atom. The van der Waals surface area contributed by atoms with Gasteiger partial charge < -0.3 is 15.6 Å². The van der Waals surface area contributed by atoms with E-state index in [9.17, 15) is 8.42 Å². The van der Waals surface area contributed by atoms with Gasteiger partial charge in [-0.3, -0.25) is 0 Å². The van der Waals surface area contributed by atoms with Gasteiger partial charge in [-0.05, 0) is 30.9 Å². The van der Waals surface area contributed by atoms with Crippen molar-refractivity contribution in [3.05, 3.63) is 18.2 Å². The van der Waals surface area contributed by atoms with E-state index < -0.39 is 10.0 Å². The third-order valence-corrected chi connectivity index (χ3v) is 4.71. The number of nitrogens with two attached hydrogens (primary N) is 1. The van der Waals surface area contributed by atoms with Gasteiger partial charge in [0.1, 0.15) is 5.75 Å². The molecule has 19 heavy (non-hydrogen) atoms. The van der Waals surface area contributed by atoms with E-state index in [-0.39, 0.29) is 16.9 Å². The quantitative estimate of drug-likeness (QED) is 0.677. The Bertz CT molecular complexity index is 553. The lowest BCUT2D eigenvalue weighted by molar-refractivity contribution is 0.0453. The van der Waals surface area contributed by atoms with Gasteiger partial charge in [-0.2, -0.15) is 0 Å². The van der Waals surface area contributed by atoms with Crippen molar-refractivity contribution in [2.75, 3.05) is 19.4 Å². The predicted octanol–water partition coefficient (Wildman–Crippen LogP) is 0.327. The highest BCUT2D eigenvalue weighted by molar-refractivity contribution is 7.89. The number of hydrogen-bond donors (Lipinski definition) is 3. The van der Waals surface area contributed by atoms with E-state index in [4.69, 9.17) is 15.6 Å². The average molecular weight is 286 g/mol. The minimum absolute atomic E-state index is 0.124. The summed E-state index contributed by atoms with van der Waals surface area (Å²) in [6.45, 7) is 0.339. The standard InChI is InChI=1S/C12H18N2O4S/c1-18-12-6-10(2-3-11(12)13)19(16,17)14-7-8-4-9(15)5-8/h2-3,6,8-9,14-15H,4-5,7,13H2,1H3. The van der Waals surface area contributed by atoms with Crippen LogP contribution in [-0.2, 0) is 10.0 Å². The number of aliphatic hydroxyl groups excluding tert-OH is 1. The highest BCUT2D eigenvalue weighted by Gasteiger charge is 2.28. The van der Waals surface area contributed by atoms with E-state index in [0.717, 1.165) is 0 Å². The van der Waals surface area contributed by atoms with Crippen LogP contribution in [0.25, 0.3) is 0 Å². The molecule has 6 nitrogen and oxygen atoms in total. The van der Waals surface area contributed by atoms with Gasteiger partial charge in [-0.15, -0.1) is 0 Å². The molecule has 0 bridgehead atoms. The average Bonchev–Trinajstić information content (AvgIpc) is 2.33. The minimum atomic E-state index is -3.57. The number of aliphatic hydroxyl groups is 1. The summed E-state index contributed by atoms with van der Waals surface area (Å²) >= 11 is 0. The molecule has 0 atom stereocenters. The molecule has 1 saturated carbocycles. The molecule has 1 aromatic carbocycles. The van der Waals surface area contributed by atoms with Crippen LogP contribution in [0.2, 0.25) is 0 Å². The third-order valence-electron chi connectivity index (χ3n) is 3.29. The first-order valence-corrected chi connectivity index (χ1v) is 7.52. The van der Waals surface area contributed by atoms with Crippen LogP contribution in [0.15, 0.2) is 23.1 Å². The van der Waals surface area contributed by atoms with Crippen molar-refractivity contribution in [1.82, 2.24) is 4.72 Å². The van der Waals surface area contributed by atoms with Crippen LogP contribution in [0.3, 0.4) is 0 Å². The number of anilines is 1. The molecule has 7 heteroatoms. The van der Waals surface area contributed by atoms with E-state index in [1.165, 1.54) is 25.3 Å². The van der Waals surface area contributed by atoms with Gasteiger partial charge in [0.05, 0.1) is 23.8 Å². The Morgan fingerprint density at radius 3 is 2.74 bits per heavy atom. The Balaban J connectivity index is 2.06. The molecule has 2 rings (SSSR count). The Hall–Kier alpha value is -1.31. The fraction of sp³-hybridized carbons (Fsp3) is 0.500. The molecule has 0 heterocycles. The van der Waals surface area contributed by atoms with Crippen LogP contribution in [0, 0.1) is 5.92 Å². The lowest BCUT2D eigenvalue weighted by Crippen LogP contribution is -2.38. The molecule has 0 spiro atoms. The van der Waals surface area contributed by atoms with Crippen LogP contribution >= 0.6 is 0 Å². The molecular weight excluding hydrogens is 268 g/mol. The summed E-state index contributed by atoms with van der Waals surface area (Å²) in [5, 5.41) is 9.16. The van der Waals surface area contributed by atoms with Crippen LogP contribution < -0.4 is 15.2 Å². The van der Waals surface area contributed by atoms with E-state index in [1.807, 2.05) is 0 Å². The summed E-state index contributed by atoms with van der Waals surface area (Å²) in [7, 11) is -2.13. The summed E-state index contributed by atoms with van der Waals surface area (Å²) in [6, 6.07) is 4.34. The molecule has 4 N–H and O–H groups in total. The molecule has 0 amide bonds. The van der Waals surface area contributed by atoms with Crippen LogP contribution in [-0.4, -0.2) is 33.3 Å². The van der Waals surface area contributed by atoms with Gasteiger partial charge in [0, 0.05) is 12.6 Å². The molecule has 1 aromatic rings. The minimum Gasteiger partial charge on any atom is -0.495 e.